The molecular formula is C20H22N6O3S. The number of pyridine rings is 1. The first-order chi connectivity index (χ1) is 14.4. The van der Waals surface area contributed by atoms with Crippen LogP contribution in [0.5, 0.6) is 0 Å². The average molecular weight is 427 g/mol. The van der Waals surface area contributed by atoms with Crippen molar-refractivity contribution < 1.29 is 13.5 Å². The number of nitrogens with two attached hydrogens (primary N) is 1. The summed E-state index contributed by atoms with van der Waals surface area (Å²) in [7, 11) is -1.11. The van der Waals surface area contributed by atoms with E-state index in [0.29, 0.717) is 29.5 Å². The van der Waals surface area contributed by atoms with Crippen LogP contribution in [0.25, 0.3) is 17.0 Å². The highest BCUT2D eigenvalue weighted by molar-refractivity contribution is 7.81. The van der Waals surface area contributed by atoms with Crippen molar-refractivity contribution in [3.05, 3.63) is 65.9 Å². The average Bonchev–Trinajstić information content (AvgIpc) is 3.36. The van der Waals surface area contributed by atoms with Crippen molar-refractivity contribution in [2.45, 2.75) is 20.3 Å². The monoisotopic (exact) mass is 426 g/mol. The summed E-state index contributed by atoms with van der Waals surface area (Å²) in [6.45, 7) is 3.88. The number of nitrogens with one attached hydrogen (secondary N) is 1. The van der Waals surface area contributed by atoms with E-state index in [1.54, 1.807) is 10.6 Å². The van der Waals surface area contributed by atoms with Crippen LogP contribution in [0.4, 0.5) is 5.69 Å². The fourth-order valence-electron chi connectivity index (χ4n) is 2.70. The molecule has 0 bridgehead atoms. The van der Waals surface area contributed by atoms with Crippen molar-refractivity contribution in [3.8, 4) is 11.4 Å². The molecule has 3 heterocycles. The molecule has 1 unspecified atom stereocenters. The smallest absolute Gasteiger partial charge is 0.274 e. The molecule has 0 aliphatic rings. The van der Waals surface area contributed by atoms with Gasteiger partial charge in [0.15, 0.2) is 0 Å². The van der Waals surface area contributed by atoms with Gasteiger partial charge in [-0.3, -0.25) is 14.3 Å². The molecule has 1 amide bonds. The maximum Gasteiger partial charge on any atom is 0.274 e. The van der Waals surface area contributed by atoms with E-state index in [1.807, 2.05) is 56.4 Å². The molecule has 4 rings (SSSR count). The number of rotatable bonds is 4. The number of carbonyl (C=O) groups excluding carboxylic acids is 1. The zero-order chi connectivity index (χ0) is 21.7. The first kappa shape index (κ1) is 21.3. The van der Waals surface area contributed by atoms with Crippen LogP contribution in [-0.4, -0.2) is 35.9 Å². The molecule has 4 aromatic rings. The Morgan fingerprint density at radius 1 is 1.30 bits per heavy atom. The summed E-state index contributed by atoms with van der Waals surface area (Å²) in [6.07, 6.45) is 5.47. The van der Waals surface area contributed by atoms with Gasteiger partial charge in [0.2, 0.25) is 11.7 Å². The summed E-state index contributed by atoms with van der Waals surface area (Å²) in [6, 6.07) is 11.3. The number of aryl methyl sites for hydroxylation is 2. The first-order valence-corrected chi connectivity index (χ1v) is 10.8. The molecule has 0 saturated heterocycles. The molecule has 0 aliphatic heterocycles. The third kappa shape index (κ3) is 4.97. The van der Waals surface area contributed by atoms with Crippen molar-refractivity contribution in [1.29, 1.82) is 0 Å². The van der Waals surface area contributed by atoms with Gasteiger partial charge in [0.25, 0.3) is 5.91 Å². The highest BCUT2D eigenvalue weighted by Gasteiger charge is 2.15. The van der Waals surface area contributed by atoms with Gasteiger partial charge in [-0.1, -0.05) is 30.3 Å². The minimum absolute atomic E-state index is 0.230. The van der Waals surface area contributed by atoms with Crippen LogP contribution in [-0.2, 0) is 17.4 Å². The molecule has 156 valence electrons. The quantitative estimate of drug-likeness (QED) is 0.516. The lowest BCUT2D eigenvalue weighted by molar-refractivity contribution is 0.102. The predicted octanol–water partition coefficient (Wildman–Crippen LogP) is 2.75. The second-order valence-corrected chi connectivity index (χ2v) is 7.42. The van der Waals surface area contributed by atoms with Crippen LogP contribution >= 0.6 is 0 Å². The van der Waals surface area contributed by atoms with Crippen LogP contribution in [0.1, 0.15) is 28.9 Å². The van der Waals surface area contributed by atoms with E-state index in [4.69, 9.17) is 4.52 Å². The SMILES string of the molecule is CCc1nc(-c2ccc(C)c(NC(=O)c3cnc4ccccn34)c2)no1.CS(N)=O. The van der Waals surface area contributed by atoms with E-state index in [9.17, 15) is 9.00 Å². The van der Waals surface area contributed by atoms with E-state index in [2.05, 4.69) is 25.6 Å². The van der Waals surface area contributed by atoms with Gasteiger partial charge in [-0.05, 0) is 30.7 Å². The molecule has 0 fully saturated rings. The molecule has 0 radical (unpaired) electrons. The number of fused-ring (bicyclic) bond motifs is 1. The number of carbonyl (C=O) groups is 1. The molecule has 3 aromatic heterocycles. The largest absolute Gasteiger partial charge is 0.339 e. The maximum absolute atomic E-state index is 12.7. The molecule has 9 nitrogen and oxygen atoms in total. The number of benzene rings is 1. The standard InChI is InChI=1S/C19H17N5O2.CH5NOS/c1-3-17-22-18(23-26-17)13-8-7-12(2)14(10-13)21-19(25)15-11-20-16-6-4-5-9-24(15)16;1-4(2)3/h4-11H,3H2,1-2H3,(H,21,25);2H2,1H3. The van der Waals surface area contributed by atoms with E-state index in [0.717, 1.165) is 16.8 Å². The Bertz CT molecular complexity index is 1200. The Morgan fingerprint density at radius 2 is 2.07 bits per heavy atom. The molecule has 3 N–H and O–H groups in total. The number of aromatic nitrogens is 4. The zero-order valence-corrected chi connectivity index (χ0v) is 17.6. The van der Waals surface area contributed by atoms with E-state index < -0.39 is 11.0 Å². The molecule has 30 heavy (non-hydrogen) atoms. The van der Waals surface area contributed by atoms with Crippen LogP contribution < -0.4 is 10.5 Å². The Hall–Kier alpha value is -3.37. The van der Waals surface area contributed by atoms with Gasteiger partial charge in [0, 0.05) is 30.1 Å². The van der Waals surface area contributed by atoms with Crippen LogP contribution in [0.2, 0.25) is 0 Å². The normalized spacial score (nSPS) is 11.6. The van der Waals surface area contributed by atoms with Crippen LogP contribution in [0, 0.1) is 6.92 Å². The topological polar surface area (TPSA) is 128 Å². The fourth-order valence-corrected chi connectivity index (χ4v) is 2.70. The molecule has 0 aliphatic carbocycles. The summed E-state index contributed by atoms with van der Waals surface area (Å²) in [5.41, 5.74) is 3.61. The predicted molar refractivity (Wildman–Crippen MR) is 115 cm³/mol. The summed E-state index contributed by atoms with van der Waals surface area (Å²) in [5, 5.41) is 11.5. The van der Waals surface area contributed by atoms with E-state index in [1.165, 1.54) is 6.26 Å². The Morgan fingerprint density at radius 3 is 2.77 bits per heavy atom. The summed E-state index contributed by atoms with van der Waals surface area (Å²) < 4.78 is 16.3. The lowest BCUT2D eigenvalue weighted by Gasteiger charge is -2.09. The van der Waals surface area contributed by atoms with Gasteiger partial charge in [-0.2, -0.15) is 4.98 Å². The van der Waals surface area contributed by atoms with Crippen molar-refractivity contribution in [2.75, 3.05) is 11.6 Å². The summed E-state index contributed by atoms with van der Waals surface area (Å²) >= 11 is 0. The third-order valence-electron chi connectivity index (χ3n) is 4.16. The van der Waals surface area contributed by atoms with Gasteiger partial charge in [0.1, 0.15) is 11.3 Å². The molecule has 10 heteroatoms. The van der Waals surface area contributed by atoms with Crippen molar-refractivity contribution in [3.63, 3.8) is 0 Å². The Labute approximate surface area is 175 Å². The maximum atomic E-state index is 12.7. The van der Waals surface area contributed by atoms with Gasteiger partial charge < -0.3 is 9.84 Å². The number of amides is 1. The summed E-state index contributed by atoms with van der Waals surface area (Å²) in [5.74, 6) is 0.857. The molecule has 1 aromatic carbocycles. The fraction of sp³-hybridized carbons (Fsp3) is 0.200. The van der Waals surface area contributed by atoms with Gasteiger partial charge in [-0.25, -0.2) is 9.19 Å². The van der Waals surface area contributed by atoms with Crippen LogP contribution in [0.3, 0.4) is 0 Å². The Kier molecular flexibility index (Phi) is 6.70. The molecule has 1 atom stereocenters. The second kappa shape index (κ2) is 9.42. The first-order valence-electron chi connectivity index (χ1n) is 9.14. The van der Waals surface area contributed by atoms with Crippen molar-refractivity contribution in [1.82, 2.24) is 19.5 Å². The lowest BCUT2D eigenvalue weighted by atomic mass is 10.1. The Balaban J connectivity index is 0.000000589. The summed E-state index contributed by atoms with van der Waals surface area (Å²) in [4.78, 5) is 21.3. The molecular weight excluding hydrogens is 404 g/mol. The number of hydrogen-bond acceptors (Lipinski definition) is 6. The number of imidazole rings is 1. The van der Waals surface area contributed by atoms with Crippen molar-refractivity contribution in [2.24, 2.45) is 5.14 Å². The number of nitrogens with zero attached hydrogens (tertiary/aromatic N) is 4. The third-order valence-corrected chi connectivity index (χ3v) is 4.16. The minimum Gasteiger partial charge on any atom is -0.339 e. The lowest BCUT2D eigenvalue weighted by Crippen LogP contribution is -2.15. The molecule has 0 saturated carbocycles. The number of hydrogen-bond donors (Lipinski definition) is 2. The molecule has 0 spiro atoms. The van der Waals surface area contributed by atoms with E-state index in [-0.39, 0.29) is 5.91 Å². The number of anilines is 1. The zero-order valence-electron chi connectivity index (χ0n) is 16.8. The van der Waals surface area contributed by atoms with Crippen molar-refractivity contribution >= 4 is 28.2 Å². The highest BCUT2D eigenvalue weighted by atomic mass is 32.2. The highest BCUT2D eigenvalue weighted by Crippen LogP contribution is 2.24. The minimum atomic E-state index is -1.11. The van der Waals surface area contributed by atoms with Gasteiger partial charge >= 0.3 is 0 Å². The second-order valence-electron chi connectivity index (χ2n) is 6.42. The van der Waals surface area contributed by atoms with Gasteiger partial charge in [0.05, 0.1) is 17.2 Å². The van der Waals surface area contributed by atoms with Gasteiger partial charge in [-0.15, -0.1) is 0 Å². The van der Waals surface area contributed by atoms with E-state index >= 15 is 0 Å². The van der Waals surface area contributed by atoms with Crippen LogP contribution in [0.15, 0.2) is 53.3 Å².